The van der Waals surface area contributed by atoms with Gasteiger partial charge >= 0.3 is 0 Å². The van der Waals surface area contributed by atoms with Gasteiger partial charge in [0.2, 0.25) is 5.91 Å². The van der Waals surface area contributed by atoms with E-state index >= 15 is 0 Å². The molecule has 0 aliphatic heterocycles. The van der Waals surface area contributed by atoms with Crippen LogP contribution in [0.1, 0.15) is 36.1 Å². The summed E-state index contributed by atoms with van der Waals surface area (Å²) < 4.78 is 0. The summed E-state index contributed by atoms with van der Waals surface area (Å²) in [6.45, 7) is 2.72. The number of aliphatic hydroxyl groups is 1. The standard InChI is InChI=1S/C13H20N2O2S/c1-2-9-8-15-12(18-9)6-7-14-13(17)10-4-3-5-11(10)16/h8,10-11,16H,2-7H2,1H3,(H,14,17). The van der Waals surface area contributed by atoms with E-state index in [1.807, 2.05) is 6.20 Å². The minimum Gasteiger partial charge on any atom is -0.392 e. The zero-order chi connectivity index (χ0) is 13.0. The maximum absolute atomic E-state index is 11.8. The lowest BCUT2D eigenvalue weighted by atomic mass is 10.1. The van der Waals surface area contributed by atoms with Gasteiger partial charge in [-0.1, -0.05) is 6.92 Å². The molecule has 0 saturated heterocycles. The van der Waals surface area contributed by atoms with Crippen LogP contribution in [0.25, 0.3) is 0 Å². The summed E-state index contributed by atoms with van der Waals surface area (Å²) >= 11 is 1.71. The fraction of sp³-hybridized carbons (Fsp3) is 0.692. The molecular weight excluding hydrogens is 248 g/mol. The number of hydrogen-bond donors (Lipinski definition) is 2. The maximum Gasteiger partial charge on any atom is 0.225 e. The lowest BCUT2D eigenvalue weighted by molar-refractivity contribution is -0.127. The molecule has 2 atom stereocenters. The SMILES string of the molecule is CCc1cnc(CCNC(=O)C2CCCC2O)s1. The van der Waals surface area contributed by atoms with Crippen molar-refractivity contribution in [1.82, 2.24) is 10.3 Å². The van der Waals surface area contributed by atoms with E-state index < -0.39 is 6.10 Å². The first-order valence-corrected chi connectivity index (χ1v) is 7.41. The number of nitrogens with one attached hydrogen (secondary N) is 1. The van der Waals surface area contributed by atoms with E-state index in [0.29, 0.717) is 6.54 Å². The highest BCUT2D eigenvalue weighted by Crippen LogP contribution is 2.25. The number of hydrogen-bond acceptors (Lipinski definition) is 4. The third kappa shape index (κ3) is 3.29. The molecular formula is C13H20N2O2S. The van der Waals surface area contributed by atoms with Crippen LogP contribution in [0.15, 0.2) is 6.20 Å². The van der Waals surface area contributed by atoms with Gasteiger partial charge in [-0.05, 0) is 25.7 Å². The summed E-state index contributed by atoms with van der Waals surface area (Å²) in [7, 11) is 0. The number of aliphatic hydroxyl groups excluding tert-OH is 1. The molecule has 5 heteroatoms. The molecule has 100 valence electrons. The first kappa shape index (κ1) is 13.5. The summed E-state index contributed by atoms with van der Waals surface area (Å²) in [5, 5.41) is 13.6. The first-order valence-electron chi connectivity index (χ1n) is 6.60. The minimum absolute atomic E-state index is 0.00716. The van der Waals surface area contributed by atoms with Gasteiger partial charge in [0.05, 0.1) is 17.0 Å². The van der Waals surface area contributed by atoms with Crippen molar-refractivity contribution in [2.24, 2.45) is 5.92 Å². The van der Waals surface area contributed by atoms with Gasteiger partial charge in [0.25, 0.3) is 0 Å². The Balaban J connectivity index is 1.73. The second-order valence-corrected chi connectivity index (χ2v) is 5.92. The van der Waals surface area contributed by atoms with Gasteiger partial charge in [-0.2, -0.15) is 0 Å². The Morgan fingerprint density at radius 1 is 1.61 bits per heavy atom. The van der Waals surface area contributed by atoms with E-state index in [2.05, 4.69) is 17.2 Å². The Labute approximate surface area is 111 Å². The van der Waals surface area contributed by atoms with Crippen molar-refractivity contribution < 1.29 is 9.90 Å². The molecule has 0 spiro atoms. The molecule has 1 aromatic heterocycles. The van der Waals surface area contributed by atoms with Crippen molar-refractivity contribution in [3.05, 3.63) is 16.1 Å². The quantitative estimate of drug-likeness (QED) is 0.851. The van der Waals surface area contributed by atoms with Gasteiger partial charge in [-0.25, -0.2) is 4.98 Å². The molecule has 18 heavy (non-hydrogen) atoms. The second-order valence-electron chi connectivity index (χ2n) is 4.72. The monoisotopic (exact) mass is 268 g/mol. The average molecular weight is 268 g/mol. The predicted octanol–water partition coefficient (Wildman–Crippen LogP) is 1.53. The summed E-state index contributed by atoms with van der Waals surface area (Å²) in [4.78, 5) is 17.4. The van der Waals surface area contributed by atoms with Crippen LogP contribution >= 0.6 is 11.3 Å². The second kappa shape index (κ2) is 6.29. The highest BCUT2D eigenvalue weighted by Gasteiger charge is 2.30. The first-order chi connectivity index (χ1) is 8.70. The molecule has 4 nitrogen and oxygen atoms in total. The Bertz CT molecular complexity index is 405. The van der Waals surface area contributed by atoms with Crippen molar-refractivity contribution in [2.75, 3.05) is 6.54 Å². The van der Waals surface area contributed by atoms with Gasteiger partial charge < -0.3 is 10.4 Å². The van der Waals surface area contributed by atoms with Crippen LogP contribution in [0, 0.1) is 5.92 Å². The predicted molar refractivity (Wildman–Crippen MR) is 71.6 cm³/mol. The number of aryl methyl sites for hydroxylation is 1. The number of nitrogens with zero attached hydrogens (tertiary/aromatic N) is 1. The molecule has 1 saturated carbocycles. The number of thiazole rings is 1. The normalized spacial score (nSPS) is 23.2. The smallest absolute Gasteiger partial charge is 0.225 e. The molecule has 2 unspecified atom stereocenters. The number of amides is 1. The van der Waals surface area contributed by atoms with E-state index in [1.165, 1.54) is 4.88 Å². The molecule has 2 N–H and O–H groups in total. The number of carbonyl (C=O) groups excluding carboxylic acids is 1. The van der Waals surface area contributed by atoms with E-state index in [-0.39, 0.29) is 11.8 Å². The molecule has 1 fully saturated rings. The Morgan fingerprint density at radius 3 is 3.06 bits per heavy atom. The molecule has 2 rings (SSSR count). The Kier molecular flexibility index (Phi) is 4.72. The van der Waals surface area contributed by atoms with Gasteiger partial charge in [-0.3, -0.25) is 4.79 Å². The van der Waals surface area contributed by atoms with Crippen molar-refractivity contribution in [3.8, 4) is 0 Å². The zero-order valence-electron chi connectivity index (χ0n) is 10.7. The van der Waals surface area contributed by atoms with Gasteiger partial charge in [0.15, 0.2) is 0 Å². The third-order valence-corrected chi connectivity index (χ3v) is 4.61. The average Bonchev–Trinajstić information content (AvgIpc) is 2.97. The summed E-state index contributed by atoms with van der Waals surface area (Å²) in [5.74, 6) is -0.209. The van der Waals surface area contributed by atoms with E-state index in [4.69, 9.17) is 0 Å². The van der Waals surface area contributed by atoms with E-state index in [9.17, 15) is 9.90 Å². The topological polar surface area (TPSA) is 62.2 Å². The molecule has 0 aromatic carbocycles. The molecule has 0 bridgehead atoms. The molecule has 1 heterocycles. The zero-order valence-corrected chi connectivity index (χ0v) is 11.5. The molecule has 1 aromatic rings. The van der Waals surface area contributed by atoms with Crippen LogP contribution in [-0.2, 0) is 17.6 Å². The van der Waals surface area contributed by atoms with Crippen molar-refractivity contribution in [1.29, 1.82) is 0 Å². The van der Waals surface area contributed by atoms with E-state index in [0.717, 1.165) is 37.1 Å². The minimum atomic E-state index is -0.448. The fourth-order valence-corrected chi connectivity index (χ4v) is 3.16. The lowest BCUT2D eigenvalue weighted by Crippen LogP contribution is -2.35. The van der Waals surface area contributed by atoms with Crippen molar-refractivity contribution in [2.45, 2.75) is 45.1 Å². The van der Waals surface area contributed by atoms with Gasteiger partial charge in [0, 0.05) is 24.0 Å². The van der Waals surface area contributed by atoms with Crippen LogP contribution in [0.3, 0.4) is 0 Å². The van der Waals surface area contributed by atoms with Crippen LogP contribution in [0.2, 0.25) is 0 Å². The maximum atomic E-state index is 11.8. The summed E-state index contributed by atoms with van der Waals surface area (Å²) in [5.41, 5.74) is 0. The van der Waals surface area contributed by atoms with Gasteiger partial charge in [-0.15, -0.1) is 11.3 Å². The number of carbonyl (C=O) groups is 1. The largest absolute Gasteiger partial charge is 0.392 e. The lowest BCUT2D eigenvalue weighted by Gasteiger charge is -2.13. The summed E-state index contributed by atoms with van der Waals surface area (Å²) in [6, 6.07) is 0. The molecule has 1 aliphatic carbocycles. The fourth-order valence-electron chi connectivity index (χ4n) is 2.30. The van der Waals surface area contributed by atoms with Gasteiger partial charge in [0.1, 0.15) is 0 Å². The number of aromatic nitrogens is 1. The molecule has 0 radical (unpaired) electrons. The third-order valence-electron chi connectivity index (χ3n) is 3.40. The van der Waals surface area contributed by atoms with Crippen LogP contribution in [0.5, 0.6) is 0 Å². The highest BCUT2D eigenvalue weighted by atomic mass is 32.1. The van der Waals surface area contributed by atoms with Crippen LogP contribution in [-0.4, -0.2) is 28.6 Å². The summed E-state index contributed by atoms with van der Waals surface area (Å²) in [6.07, 6.45) is 5.76. The van der Waals surface area contributed by atoms with Crippen molar-refractivity contribution >= 4 is 17.2 Å². The molecule has 1 amide bonds. The van der Waals surface area contributed by atoms with E-state index in [1.54, 1.807) is 11.3 Å². The van der Waals surface area contributed by atoms with Crippen LogP contribution in [0.4, 0.5) is 0 Å². The Morgan fingerprint density at radius 2 is 2.44 bits per heavy atom. The van der Waals surface area contributed by atoms with Crippen molar-refractivity contribution in [3.63, 3.8) is 0 Å². The highest BCUT2D eigenvalue weighted by molar-refractivity contribution is 7.11. The Hall–Kier alpha value is -0.940. The number of rotatable bonds is 5. The van der Waals surface area contributed by atoms with Crippen LogP contribution < -0.4 is 5.32 Å². The molecule has 1 aliphatic rings.